The molecule has 0 aliphatic carbocycles. The highest BCUT2D eigenvalue weighted by Crippen LogP contribution is 2.40. The minimum absolute atomic E-state index is 0.122. The van der Waals surface area contributed by atoms with E-state index in [-0.39, 0.29) is 24.9 Å². The summed E-state index contributed by atoms with van der Waals surface area (Å²) >= 11 is 5.82. The number of methoxy groups -OCH3 is 5. The van der Waals surface area contributed by atoms with Crippen molar-refractivity contribution in [3.63, 3.8) is 0 Å². The number of piperazine rings is 2. The number of nitrogens with one attached hydrogen (secondary N) is 1. The van der Waals surface area contributed by atoms with Gasteiger partial charge in [-0.25, -0.2) is 34.1 Å². The van der Waals surface area contributed by atoms with Crippen LogP contribution in [0.15, 0.2) is 36.7 Å². The molecular weight excluding hydrogens is 806 g/mol. The second-order valence-electron chi connectivity index (χ2n) is 15.3. The summed E-state index contributed by atoms with van der Waals surface area (Å²) in [5.41, 5.74) is -0.701. The molecule has 2 aromatic heterocycles. The van der Waals surface area contributed by atoms with Crippen molar-refractivity contribution in [2.45, 2.75) is 64.8 Å². The molecule has 328 valence electrons. The topological polar surface area (TPSA) is 209 Å². The van der Waals surface area contributed by atoms with Crippen LogP contribution in [0.1, 0.15) is 41.5 Å². The third kappa shape index (κ3) is 12.5. The summed E-state index contributed by atoms with van der Waals surface area (Å²) < 4.78 is 36.8. The third-order valence-corrected chi connectivity index (χ3v) is 8.97. The van der Waals surface area contributed by atoms with Gasteiger partial charge in [-0.2, -0.15) is 4.98 Å². The summed E-state index contributed by atoms with van der Waals surface area (Å²) in [6, 6.07) is 5.28. The van der Waals surface area contributed by atoms with E-state index >= 15 is 0 Å². The van der Waals surface area contributed by atoms with Crippen LogP contribution in [-0.4, -0.2) is 152 Å². The fourth-order valence-corrected chi connectivity index (χ4v) is 6.25. The molecule has 1 aromatic carbocycles. The van der Waals surface area contributed by atoms with Gasteiger partial charge in [0.1, 0.15) is 22.8 Å². The molecule has 0 radical (unpaired) electrons. The molecule has 4 heterocycles. The van der Waals surface area contributed by atoms with Crippen molar-refractivity contribution in [1.82, 2.24) is 29.7 Å². The van der Waals surface area contributed by atoms with Crippen molar-refractivity contribution in [2.24, 2.45) is 0 Å². The van der Waals surface area contributed by atoms with Gasteiger partial charge in [-0.1, -0.05) is 0 Å². The van der Waals surface area contributed by atoms with Crippen molar-refractivity contribution < 1.29 is 52.3 Å². The Hall–Kier alpha value is -6.05. The largest absolute Gasteiger partial charge is 0.493 e. The molecule has 5 rings (SSSR count). The lowest BCUT2D eigenvalue weighted by molar-refractivity contribution is -0.147. The van der Waals surface area contributed by atoms with Gasteiger partial charge in [0, 0.05) is 56.4 Å². The monoisotopic (exact) mass is 859 g/mol. The molecule has 21 heteroatoms. The van der Waals surface area contributed by atoms with Crippen LogP contribution in [0.3, 0.4) is 0 Å². The Bertz CT molecular complexity index is 1950. The molecule has 1 N–H and O–H groups in total. The van der Waals surface area contributed by atoms with E-state index in [0.29, 0.717) is 60.2 Å². The molecule has 3 aromatic rings. The molecule has 0 bridgehead atoms. The maximum atomic E-state index is 12.7. The van der Waals surface area contributed by atoms with Gasteiger partial charge >= 0.3 is 24.1 Å². The summed E-state index contributed by atoms with van der Waals surface area (Å²) in [5, 5.41) is 3.26. The van der Waals surface area contributed by atoms with Gasteiger partial charge in [0.25, 0.3) is 0 Å². The number of nitrogens with zero attached hydrogens (tertiary/aromatic N) is 8. The van der Waals surface area contributed by atoms with E-state index in [1.807, 2.05) is 9.80 Å². The number of carbonyl (C=O) groups is 4. The van der Waals surface area contributed by atoms with Crippen LogP contribution in [0.5, 0.6) is 17.2 Å². The van der Waals surface area contributed by atoms with E-state index in [2.05, 4.69) is 25.3 Å². The second-order valence-corrected chi connectivity index (χ2v) is 15.6. The van der Waals surface area contributed by atoms with Gasteiger partial charge in [0.05, 0.1) is 48.6 Å². The molecule has 2 amide bonds. The van der Waals surface area contributed by atoms with Crippen LogP contribution < -0.4 is 29.3 Å². The minimum atomic E-state index is -0.847. The number of anilines is 4. The predicted octanol–water partition coefficient (Wildman–Crippen LogP) is 4.57. The van der Waals surface area contributed by atoms with Crippen molar-refractivity contribution >= 4 is 59.0 Å². The number of aromatic nitrogens is 4. The van der Waals surface area contributed by atoms with E-state index in [0.717, 1.165) is 0 Å². The number of benzene rings is 1. The van der Waals surface area contributed by atoms with Gasteiger partial charge in [-0.05, 0) is 65.3 Å². The highest BCUT2D eigenvalue weighted by molar-refractivity contribution is 6.28. The van der Waals surface area contributed by atoms with Gasteiger partial charge in [0.15, 0.2) is 23.6 Å². The Morgan fingerprint density at radius 3 is 1.52 bits per heavy atom. The molecule has 2 saturated heterocycles. The Morgan fingerprint density at radius 1 is 0.667 bits per heavy atom. The lowest BCUT2D eigenvalue weighted by Crippen LogP contribution is -2.59. The van der Waals surface area contributed by atoms with E-state index in [1.54, 1.807) is 72.0 Å². The zero-order valence-electron chi connectivity index (χ0n) is 35.8. The lowest BCUT2D eigenvalue weighted by Gasteiger charge is -2.40. The number of esters is 2. The number of hydrogen-bond donors (Lipinski definition) is 1. The molecule has 60 heavy (non-hydrogen) atoms. The standard InChI is InChI=1S/C24H33N5O7.C15H21ClN4O4/c1-24(2,3)36-23(31)29-11-10-28(14-16(29)21(30)35-7)19-8-9-25-22(27-19)26-15-12-17(32-4)20(34-6)18(13-15)33-5;1-15(2,3)24-14(22)20-8-7-19(9-10(20)12(21)23-4)11-5-6-17-13(16)18-11/h8-9,12-13,16H,10-11,14H2,1-7H3,(H,25,26,27);5-6,10H,7-9H2,1-4H3. The first-order valence-corrected chi connectivity index (χ1v) is 19.2. The average Bonchev–Trinajstić information content (AvgIpc) is 3.21. The van der Waals surface area contributed by atoms with E-state index in [9.17, 15) is 19.2 Å². The van der Waals surface area contributed by atoms with Gasteiger partial charge in [0.2, 0.25) is 17.0 Å². The highest BCUT2D eigenvalue weighted by Gasteiger charge is 2.40. The number of amides is 2. The van der Waals surface area contributed by atoms with E-state index < -0.39 is 47.4 Å². The predicted molar refractivity (Wildman–Crippen MR) is 220 cm³/mol. The molecule has 0 saturated carbocycles. The summed E-state index contributed by atoms with van der Waals surface area (Å²) in [4.78, 5) is 73.1. The fourth-order valence-electron chi connectivity index (χ4n) is 6.11. The van der Waals surface area contributed by atoms with Crippen LogP contribution in [0.2, 0.25) is 5.28 Å². The third-order valence-electron chi connectivity index (χ3n) is 8.78. The number of carbonyl (C=O) groups excluding carboxylic acids is 4. The van der Waals surface area contributed by atoms with Crippen LogP contribution >= 0.6 is 11.6 Å². The number of rotatable bonds is 9. The van der Waals surface area contributed by atoms with Crippen LogP contribution in [0, 0.1) is 0 Å². The molecule has 2 unspecified atom stereocenters. The van der Waals surface area contributed by atoms with E-state index in [4.69, 9.17) is 44.8 Å². The second kappa shape index (κ2) is 20.3. The molecule has 2 fully saturated rings. The van der Waals surface area contributed by atoms with Crippen molar-refractivity contribution in [2.75, 3.05) is 89.9 Å². The maximum absolute atomic E-state index is 12.7. The van der Waals surface area contributed by atoms with Gasteiger partial charge < -0.3 is 48.3 Å². The van der Waals surface area contributed by atoms with Crippen LogP contribution in [-0.2, 0) is 28.5 Å². The number of halogens is 1. The molecule has 0 spiro atoms. The number of hydrogen-bond acceptors (Lipinski definition) is 18. The first kappa shape index (κ1) is 46.6. The van der Waals surface area contributed by atoms with Crippen LogP contribution in [0.4, 0.5) is 32.9 Å². The minimum Gasteiger partial charge on any atom is -0.493 e. The summed E-state index contributed by atoms with van der Waals surface area (Å²) in [5.74, 6) is 1.89. The molecule has 20 nitrogen and oxygen atoms in total. The summed E-state index contributed by atoms with van der Waals surface area (Å²) in [6.07, 6.45) is 2.04. The lowest BCUT2D eigenvalue weighted by atomic mass is 10.1. The molecule has 2 atom stereocenters. The Morgan fingerprint density at radius 2 is 1.12 bits per heavy atom. The first-order chi connectivity index (χ1) is 28.3. The van der Waals surface area contributed by atoms with E-state index in [1.165, 1.54) is 51.5 Å². The Labute approximate surface area is 354 Å². The molecule has 2 aliphatic rings. The molecule has 2 aliphatic heterocycles. The summed E-state index contributed by atoms with van der Waals surface area (Å²) in [7, 11) is 7.18. The highest BCUT2D eigenvalue weighted by atomic mass is 35.5. The normalized spacial score (nSPS) is 16.7. The smallest absolute Gasteiger partial charge is 0.411 e. The van der Waals surface area contributed by atoms with Gasteiger partial charge in [-0.15, -0.1) is 0 Å². The van der Waals surface area contributed by atoms with Crippen molar-refractivity contribution in [3.8, 4) is 17.2 Å². The summed E-state index contributed by atoms with van der Waals surface area (Å²) in [6.45, 7) is 12.6. The zero-order valence-corrected chi connectivity index (χ0v) is 36.6. The van der Waals surface area contributed by atoms with Crippen molar-refractivity contribution in [3.05, 3.63) is 41.9 Å². The maximum Gasteiger partial charge on any atom is 0.411 e. The number of ether oxygens (including phenoxy) is 7. The fraction of sp³-hybridized carbons (Fsp3) is 0.538. The van der Waals surface area contributed by atoms with Crippen molar-refractivity contribution in [1.29, 1.82) is 0 Å². The quantitative estimate of drug-likeness (QED) is 0.177. The first-order valence-electron chi connectivity index (χ1n) is 18.8. The Kier molecular flexibility index (Phi) is 15.8. The SMILES string of the molecule is COC(=O)C1CN(c2ccnc(Cl)n2)CCN1C(=O)OC(C)(C)C.COC(=O)C1CN(c2ccnc(Nc3cc(OC)c(OC)c(OC)c3)n2)CCN1C(=O)OC(C)(C)C. The zero-order chi connectivity index (χ0) is 44.4. The van der Waals surface area contributed by atoms with Gasteiger partial charge in [-0.3, -0.25) is 9.80 Å². The average molecular weight is 860 g/mol. The molecular formula is C39H54ClN9O11. The Balaban J connectivity index is 0.000000287. The van der Waals surface area contributed by atoms with Crippen LogP contribution in [0.25, 0.3) is 0 Å².